The molecule has 4 nitrogen and oxygen atoms in total. The van der Waals surface area contributed by atoms with Crippen molar-refractivity contribution in [1.82, 2.24) is 0 Å². The first-order valence-corrected chi connectivity index (χ1v) is 45.4. The molecule has 0 saturated carbocycles. The minimum Gasteiger partial charge on any atom is -0.457 e. The Balaban J connectivity index is 0.000000136. The van der Waals surface area contributed by atoms with Gasteiger partial charge in [0.15, 0.2) is 0 Å². The first-order chi connectivity index (χ1) is 59.7. The maximum Gasteiger partial charge on any atom is 0.146 e. The first kappa shape index (κ1) is 90.0. The molecule has 4 aliphatic rings. The largest absolute Gasteiger partial charge is 0.457 e. The van der Waals surface area contributed by atoms with Gasteiger partial charge in [-0.05, 0) is 129 Å². The van der Waals surface area contributed by atoms with Gasteiger partial charge in [-0.3, -0.25) is 0 Å². The van der Waals surface area contributed by atoms with Crippen molar-refractivity contribution in [3.8, 4) is 46.0 Å². The van der Waals surface area contributed by atoms with Crippen molar-refractivity contribution in [3.63, 3.8) is 0 Å². The van der Waals surface area contributed by atoms with Gasteiger partial charge in [0, 0.05) is 83.7 Å². The Hall–Kier alpha value is -9.78. The first-order valence-electron chi connectivity index (χ1n) is 40.9. The molecule has 0 atom stereocenters. The van der Waals surface area contributed by atoms with Crippen molar-refractivity contribution in [2.75, 3.05) is 0 Å². The third-order valence-corrected chi connectivity index (χ3v) is 25.6. The number of hydrogen-bond donors (Lipinski definition) is 10. The lowest BCUT2D eigenvalue weighted by Crippen LogP contribution is -2.34. The number of para-hydroxylation sites is 2. The highest BCUT2D eigenvalue weighted by atomic mass is 32.1. The van der Waals surface area contributed by atoms with Crippen molar-refractivity contribution in [3.05, 3.63) is 465 Å². The highest BCUT2D eigenvalue weighted by molar-refractivity contribution is 7.84. The van der Waals surface area contributed by atoms with Crippen molar-refractivity contribution < 1.29 is 18.9 Å². The number of benzene rings is 16. The van der Waals surface area contributed by atoms with Gasteiger partial charge in [-0.2, -0.15) is 0 Å². The van der Waals surface area contributed by atoms with Crippen molar-refractivity contribution >= 4 is 126 Å². The molecule has 0 saturated heterocycles. The third-order valence-electron chi connectivity index (χ3n) is 21.8. The molecule has 4 heterocycles. The van der Waals surface area contributed by atoms with Crippen LogP contribution >= 0.6 is 126 Å². The molecule has 0 bridgehead atoms. The minimum atomic E-state index is -0.594. The quantitative estimate of drug-likeness (QED) is 0.0704. The number of hydrogen-bond acceptors (Lipinski definition) is 14. The molecular weight excluding hydrogens is 1680 g/mol. The Bertz CT molecular complexity index is 5780. The van der Waals surface area contributed by atoms with E-state index in [4.69, 9.17) is 69.5 Å². The molecule has 0 radical (unpaired) electrons. The van der Waals surface area contributed by atoms with E-state index in [-0.39, 0.29) is 0 Å². The van der Waals surface area contributed by atoms with Crippen molar-refractivity contribution in [1.29, 1.82) is 0 Å². The summed E-state index contributed by atoms with van der Waals surface area (Å²) >= 11 is 46.5. The average molecular weight is 1780 g/mol. The van der Waals surface area contributed by atoms with E-state index in [1.54, 1.807) is 0 Å². The molecule has 612 valence electrons. The van der Waals surface area contributed by atoms with E-state index in [1.165, 1.54) is 33.4 Å². The van der Waals surface area contributed by atoms with E-state index in [0.29, 0.717) is 21.3 Å². The fourth-order valence-electron chi connectivity index (χ4n) is 17.1. The summed E-state index contributed by atoms with van der Waals surface area (Å²) in [6, 6.07) is 130. The van der Waals surface area contributed by atoms with E-state index in [0.717, 1.165) is 129 Å². The number of fused-ring (bicyclic) bond motifs is 8. The minimum absolute atomic E-state index is 0.478. The Morgan fingerprint density at radius 2 is 0.385 bits per heavy atom. The van der Waals surface area contributed by atoms with E-state index in [2.05, 4.69) is 331 Å². The Morgan fingerprint density at radius 3 is 0.672 bits per heavy atom. The molecule has 0 aromatic heterocycles. The van der Waals surface area contributed by atoms with Gasteiger partial charge in [0.05, 0.1) is 31.5 Å². The predicted molar refractivity (Wildman–Crippen MR) is 537 cm³/mol. The van der Waals surface area contributed by atoms with Crippen LogP contribution < -0.4 is 18.9 Å². The van der Waals surface area contributed by atoms with E-state index in [1.807, 2.05) is 177 Å². The van der Waals surface area contributed by atoms with Crippen molar-refractivity contribution in [2.24, 2.45) is 0 Å². The molecule has 0 fully saturated rings. The standard InChI is InChI=1S/C25H18OS4.3C25H18OS2.4C2H6/c27-19-13-11-17-21(23(19)29)26-22-18(12-14-20(28)24(22)30)25(17,15-7-3-1-4-8-15)16-9-5-2-6-10-16;27-21-15-7-13-19-23(21)26-24-20(14-8-16-22(24)28)25(19,17-9-3-1-4-10-17)18-11-5-2-6-12-18;27-19-11-13-23-21(15-19)25(17-7-3-1-4-8-17,18-9-5-2-6-10-18)22-16-20(28)12-14-24(22)26-23;27-19-11-13-21-23(15-19)26-24-16-20(28)12-14-22(24)25(21,17-7-3-1-4-8-17)18-9-5-2-6-10-18;4*1-2/h1-14,27-30H;3*1-16,27-28H;4*1-2H3. The van der Waals surface area contributed by atoms with Crippen LogP contribution in [0.5, 0.6) is 46.0 Å². The van der Waals surface area contributed by atoms with Crippen LogP contribution in [0.1, 0.15) is 144 Å². The van der Waals surface area contributed by atoms with Crippen molar-refractivity contribution in [2.45, 2.75) is 126 Å². The maximum absolute atomic E-state index is 6.45. The van der Waals surface area contributed by atoms with Crippen LogP contribution in [0.4, 0.5) is 0 Å². The smallest absolute Gasteiger partial charge is 0.146 e. The molecule has 0 unspecified atom stereocenters. The lowest BCUT2D eigenvalue weighted by atomic mass is 9.63. The average Bonchev–Trinajstić information content (AvgIpc) is 0.719. The van der Waals surface area contributed by atoms with Crippen LogP contribution in [0.15, 0.2) is 425 Å². The third kappa shape index (κ3) is 16.7. The fraction of sp³-hybridized carbons (Fsp3) is 0.111. The summed E-state index contributed by atoms with van der Waals surface area (Å²) in [5, 5.41) is 0. The van der Waals surface area contributed by atoms with Gasteiger partial charge < -0.3 is 18.9 Å². The monoisotopic (exact) mass is 1780 g/mol. The Kier molecular flexibility index (Phi) is 30.0. The molecule has 14 heteroatoms. The molecule has 0 spiro atoms. The molecule has 0 amide bonds. The highest BCUT2D eigenvalue weighted by Gasteiger charge is 2.51. The van der Waals surface area contributed by atoms with Crippen LogP contribution in [0.3, 0.4) is 0 Å². The van der Waals surface area contributed by atoms with Crippen LogP contribution in [0, 0.1) is 0 Å². The second kappa shape index (κ2) is 40.7. The van der Waals surface area contributed by atoms with Gasteiger partial charge in [-0.15, -0.1) is 126 Å². The van der Waals surface area contributed by atoms with E-state index in [9.17, 15) is 0 Å². The zero-order valence-electron chi connectivity index (χ0n) is 68.9. The number of rotatable bonds is 8. The zero-order valence-corrected chi connectivity index (χ0v) is 77.8. The molecule has 20 rings (SSSR count). The van der Waals surface area contributed by atoms with Crippen LogP contribution in [-0.2, 0) is 21.7 Å². The summed E-state index contributed by atoms with van der Waals surface area (Å²) < 4.78 is 25.5. The van der Waals surface area contributed by atoms with Crippen LogP contribution in [0.25, 0.3) is 0 Å². The number of thiol groups is 10. The zero-order chi connectivity index (χ0) is 86.3. The molecule has 4 aliphatic heterocycles. The van der Waals surface area contributed by atoms with Gasteiger partial charge in [-0.1, -0.05) is 347 Å². The summed E-state index contributed by atoms with van der Waals surface area (Å²) in [6.45, 7) is 16.0. The predicted octanol–water partition coefficient (Wildman–Crippen LogP) is 31.7. The topological polar surface area (TPSA) is 36.9 Å². The Morgan fingerprint density at radius 1 is 0.164 bits per heavy atom. The van der Waals surface area contributed by atoms with E-state index < -0.39 is 21.7 Å². The second-order valence-electron chi connectivity index (χ2n) is 28.0. The molecule has 16 aromatic carbocycles. The number of ether oxygens (including phenoxy) is 4. The molecule has 16 aromatic rings. The fourth-order valence-corrected chi connectivity index (χ4v) is 19.2. The van der Waals surface area contributed by atoms with Gasteiger partial charge >= 0.3 is 0 Å². The SMILES string of the molecule is CC.CC.CC.CC.Sc1ccc2c(c1)C(c1ccccc1)(c1ccccc1)c1cc(S)ccc1O2.Sc1ccc2c(c1)Oc1cc(S)ccc1C2(c1ccccc1)c1ccccc1.Sc1ccc2c(c1S)Oc1c(ccc(S)c1S)C2(c1ccccc1)c1ccccc1.Sc1cccc2c1Oc1c(S)cccc1C2(c1ccccc1)c1ccccc1. The maximum atomic E-state index is 6.45. The second-order valence-corrected chi connectivity index (χ2v) is 32.9. The summed E-state index contributed by atoms with van der Waals surface area (Å²) in [5.41, 5.74) is 15.9. The Labute approximate surface area is 775 Å². The normalized spacial score (nSPS) is 13.2. The van der Waals surface area contributed by atoms with E-state index >= 15 is 0 Å². The van der Waals surface area contributed by atoms with Gasteiger partial charge in [0.1, 0.15) is 46.0 Å². The van der Waals surface area contributed by atoms with Gasteiger partial charge in [0.25, 0.3) is 0 Å². The molecule has 122 heavy (non-hydrogen) atoms. The molecule has 0 N–H and O–H groups in total. The van der Waals surface area contributed by atoms with Gasteiger partial charge in [0.2, 0.25) is 0 Å². The molecule has 0 aliphatic carbocycles. The van der Waals surface area contributed by atoms with Crippen LogP contribution in [0.2, 0.25) is 0 Å². The summed E-state index contributed by atoms with van der Waals surface area (Å²) in [5.74, 6) is 6.31. The summed E-state index contributed by atoms with van der Waals surface area (Å²) in [6.07, 6.45) is 0. The molecular formula is C108H96O4S10. The summed E-state index contributed by atoms with van der Waals surface area (Å²) in [4.78, 5) is 8.13. The highest BCUT2D eigenvalue weighted by Crippen LogP contribution is 2.63. The lowest BCUT2D eigenvalue weighted by molar-refractivity contribution is 0.409. The van der Waals surface area contributed by atoms with Crippen LogP contribution in [-0.4, -0.2) is 0 Å². The van der Waals surface area contributed by atoms with Gasteiger partial charge in [-0.25, -0.2) is 0 Å². The summed E-state index contributed by atoms with van der Waals surface area (Å²) in [7, 11) is 0. The lowest BCUT2D eigenvalue weighted by Gasteiger charge is -2.42.